The van der Waals surface area contributed by atoms with Crippen LogP contribution in [0.5, 0.6) is 0 Å². The van der Waals surface area contributed by atoms with Crippen LogP contribution in [-0.2, 0) is 10.3 Å². The third kappa shape index (κ3) is 3.16. The van der Waals surface area contributed by atoms with E-state index in [4.69, 9.17) is 5.26 Å². The van der Waals surface area contributed by atoms with Crippen molar-refractivity contribution in [3.63, 3.8) is 0 Å². The van der Waals surface area contributed by atoms with E-state index in [2.05, 4.69) is 15.3 Å². The molecule has 3 aromatic rings. The average Bonchev–Trinajstić information content (AvgIpc) is 3.52. The molecule has 1 saturated carbocycles. The van der Waals surface area contributed by atoms with Crippen LogP contribution in [0.1, 0.15) is 39.9 Å². The second kappa shape index (κ2) is 7.09. The van der Waals surface area contributed by atoms with E-state index in [9.17, 15) is 27.6 Å². The fraction of sp³-hybridized carbons (Fsp3) is 0.250. The minimum Gasteiger partial charge on any atom is -0.346 e. The summed E-state index contributed by atoms with van der Waals surface area (Å²) in [7, 11) is 0. The SMILES string of the molecule is C[C@H](NC(=O)C1(n2c(=O)[nH]c3ccc(F)c(F)c3c2=O)CC1)c1ncc(C#N)cc1F.[HH].[HH]. The van der Waals surface area contributed by atoms with Gasteiger partial charge in [-0.1, -0.05) is 0 Å². The Kier molecular flexibility index (Phi) is 4.65. The molecule has 0 unspecified atom stereocenters. The maximum Gasteiger partial charge on any atom is 0.329 e. The van der Waals surface area contributed by atoms with E-state index in [1.807, 2.05) is 0 Å². The van der Waals surface area contributed by atoms with Gasteiger partial charge >= 0.3 is 5.69 Å². The molecule has 8 nitrogen and oxygen atoms in total. The van der Waals surface area contributed by atoms with Crippen molar-refractivity contribution in [2.45, 2.75) is 31.3 Å². The highest BCUT2D eigenvalue weighted by molar-refractivity contribution is 5.88. The summed E-state index contributed by atoms with van der Waals surface area (Å²) in [6.45, 7) is 1.44. The van der Waals surface area contributed by atoms with Gasteiger partial charge in [0.1, 0.15) is 22.8 Å². The van der Waals surface area contributed by atoms with Crippen molar-refractivity contribution in [1.82, 2.24) is 19.9 Å². The van der Waals surface area contributed by atoms with Gasteiger partial charge in [0.2, 0.25) is 5.91 Å². The number of nitriles is 1. The summed E-state index contributed by atoms with van der Waals surface area (Å²) < 4.78 is 42.6. The molecule has 1 fully saturated rings. The van der Waals surface area contributed by atoms with Crippen molar-refractivity contribution in [2.24, 2.45) is 0 Å². The Morgan fingerprint density at radius 1 is 1.32 bits per heavy atom. The first-order valence-electron chi connectivity index (χ1n) is 9.19. The Balaban J connectivity index is 0.00000193. The van der Waals surface area contributed by atoms with Gasteiger partial charge in [-0.2, -0.15) is 5.26 Å². The van der Waals surface area contributed by atoms with E-state index < -0.39 is 51.6 Å². The van der Waals surface area contributed by atoms with E-state index in [-0.39, 0.29) is 32.5 Å². The minimum absolute atomic E-state index is 0. The summed E-state index contributed by atoms with van der Waals surface area (Å²) in [5.74, 6) is -4.28. The molecule has 0 radical (unpaired) electrons. The van der Waals surface area contributed by atoms with Crippen molar-refractivity contribution < 1.29 is 20.8 Å². The van der Waals surface area contributed by atoms with Crippen LogP contribution in [0.2, 0.25) is 0 Å². The first-order chi connectivity index (χ1) is 14.7. The lowest BCUT2D eigenvalue weighted by Gasteiger charge is -2.21. The van der Waals surface area contributed by atoms with Crippen LogP contribution >= 0.6 is 0 Å². The molecule has 1 amide bonds. The number of aromatic amines is 1. The molecule has 1 atom stereocenters. The zero-order valence-electron chi connectivity index (χ0n) is 16.0. The van der Waals surface area contributed by atoms with Gasteiger partial charge in [-0.15, -0.1) is 0 Å². The molecule has 31 heavy (non-hydrogen) atoms. The average molecular weight is 433 g/mol. The quantitative estimate of drug-likeness (QED) is 0.654. The molecule has 0 bridgehead atoms. The topological polar surface area (TPSA) is 121 Å². The maximum absolute atomic E-state index is 14.2. The largest absolute Gasteiger partial charge is 0.346 e. The van der Waals surface area contributed by atoms with Crippen molar-refractivity contribution >= 4 is 16.8 Å². The van der Waals surface area contributed by atoms with E-state index >= 15 is 0 Å². The molecule has 0 spiro atoms. The summed E-state index contributed by atoms with van der Waals surface area (Å²) in [6, 6.07) is 3.59. The van der Waals surface area contributed by atoms with Crippen LogP contribution in [0.3, 0.4) is 0 Å². The zero-order valence-corrected chi connectivity index (χ0v) is 16.0. The fourth-order valence-corrected chi connectivity index (χ4v) is 3.53. The third-order valence-corrected chi connectivity index (χ3v) is 5.29. The smallest absolute Gasteiger partial charge is 0.329 e. The summed E-state index contributed by atoms with van der Waals surface area (Å²) in [4.78, 5) is 44.4. The molecule has 1 aliphatic carbocycles. The second-order valence-electron chi connectivity index (χ2n) is 7.28. The van der Waals surface area contributed by atoms with Crippen LogP contribution in [0.15, 0.2) is 34.0 Å². The molecule has 4 rings (SSSR count). The van der Waals surface area contributed by atoms with E-state index in [0.717, 1.165) is 24.4 Å². The minimum atomic E-state index is -1.62. The molecule has 1 aliphatic rings. The molecular weight excluding hydrogens is 415 g/mol. The van der Waals surface area contributed by atoms with Gasteiger partial charge in [0.05, 0.1) is 22.8 Å². The lowest BCUT2D eigenvalue weighted by Crippen LogP contribution is -2.50. The number of nitrogens with zero attached hydrogens (tertiary/aromatic N) is 3. The zero-order chi connectivity index (χ0) is 22.5. The molecule has 2 heterocycles. The van der Waals surface area contributed by atoms with Crippen LogP contribution < -0.4 is 16.6 Å². The van der Waals surface area contributed by atoms with Gasteiger partial charge in [-0.25, -0.2) is 22.5 Å². The number of fused-ring (bicyclic) bond motifs is 1. The van der Waals surface area contributed by atoms with E-state index in [1.54, 1.807) is 6.07 Å². The fourth-order valence-electron chi connectivity index (χ4n) is 3.53. The Hall–Kier alpha value is -3.94. The van der Waals surface area contributed by atoms with Crippen molar-refractivity contribution in [1.29, 1.82) is 5.26 Å². The number of nitrogens with one attached hydrogen (secondary N) is 2. The number of carbonyl (C=O) groups excluding carboxylic acids is 1. The van der Waals surface area contributed by atoms with E-state index in [1.165, 1.54) is 6.92 Å². The predicted octanol–water partition coefficient (Wildman–Crippen LogP) is 2.23. The highest BCUT2D eigenvalue weighted by Gasteiger charge is 2.54. The summed E-state index contributed by atoms with van der Waals surface area (Å²) in [5.41, 5.74) is -4.05. The number of carbonyl (C=O) groups is 1. The number of pyridine rings is 1. The number of H-pyrrole nitrogens is 1. The lowest BCUT2D eigenvalue weighted by atomic mass is 10.1. The van der Waals surface area contributed by atoms with Gasteiger partial charge in [0.25, 0.3) is 5.56 Å². The number of aromatic nitrogens is 3. The maximum atomic E-state index is 14.2. The molecule has 2 aromatic heterocycles. The van der Waals surface area contributed by atoms with Crippen LogP contribution in [-0.4, -0.2) is 20.4 Å². The highest BCUT2D eigenvalue weighted by atomic mass is 19.2. The molecule has 1 aromatic carbocycles. The second-order valence-corrected chi connectivity index (χ2v) is 7.28. The summed E-state index contributed by atoms with van der Waals surface area (Å²) >= 11 is 0. The van der Waals surface area contributed by atoms with Crippen molar-refractivity contribution in [3.05, 3.63) is 73.9 Å². The van der Waals surface area contributed by atoms with Crippen molar-refractivity contribution in [2.75, 3.05) is 0 Å². The predicted molar refractivity (Wildman–Crippen MR) is 106 cm³/mol. The molecule has 11 heteroatoms. The molecule has 0 aliphatic heterocycles. The number of benzene rings is 1. The first-order valence-corrected chi connectivity index (χ1v) is 9.19. The molecule has 162 valence electrons. The number of rotatable bonds is 4. The number of hydrogen-bond acceptors (Lipinski definition) is 5. The molecular formula is C20H18F3N5O3. The van der Waals surface area contributed by atoms with Crippen molar-refractivity contribution in [3.8, 4) is 6.07 Å². The van der Waals surface area contributed by atoms with Crippen LogP contribution in [0.4, 0.5) is 13.2 Å². The van der Waals surface area contributed by atoms with E-state index in [0.29, 0.717) is 4.57 Å². The molecule has 2 N–H and O–H groups in total. The Morgan fingerprint density at radius 3 is 2.65 bits per heavy atom. The van der Waals surface area contributed by atoms with Gasteiger partial charge in [-0.05, 0) is 38.0 Å². The van der Waals surface area contributed by atoms with Gasteiger partial charge in [-0.3, -0.25) is 14.6 Å². The standard InChI is InChI=1S/C20H14F3N5O3.2H2/c1-9(16-12(22)6-10(7-24)8-25-16)26-18(30)20(4-5-20)28-17(29)14-13(27-19(28)31)3-2-11(21)15(14)23;;/h2-3,6,8-9H,4-5H2,1H3,(H,26,30)(H,27,31);2*1H/t9-;;/m0../s1. The Bertz CT molecular complexity index is 1410. The normalized spacial score (nSPS) is 15.3. The lowest BCUT2D eigenvalue weighted by molar-refractivity contribution is -0.126. The summed E-state index contributed by atoms with van der Waals surface area (Å²) in [6.07, 6.45) is 1.34. The summed E-state index contributed by atoms with van der Waals surface area (Å²) in [5, 5.41) is 10.6. The van der Waals surface area contributed by atoms with Crippen LogP contribution in [0.25, 0.3) is 10.9 Å². The van der Waals surface area contributed by atoms with Crippen LogP contribution in [0, 0.1) is 28.8 Å². The van der Waals surface area contributed by atoms with Gasteiger partial charge < -0.3 is 10.3 Å². The molecule has 0 saturated heterocycles. The Morgan fingerprint density at radius 2 is 2.03 bits per heavy atom. The van der Waals surface area contributed by atoms with Gasteiger partial charge in [0.15, 0.2) is 11.6 Å². The Labute approximate surface area is 174 Å². The number of halogens is 3. The number of amides is 1. The number of hydrogen-bond donors (Lipinski definition) is 2. The highest BCUT2D eigenvalue weighted by Crippen LogP contribution is 2.42. The van der Waals surface area contributed by atoms with Gasteiger partial charge in [0, 0.05) is 9.05 Å². The monoisotopic (exact) mass is 433 g/mol. The third-order valence-electron chi connectivity index (χ3n) is 5.29. The first kappa shape index (κ1) is 20.3.